The molecule has 0 bridgehead atoms. The summed E-state index contributed by atoms with van der Waals surface area (Å²) in [6.07, 6.45) is 6.82. The molecule has 37 heavy (non-hydrogen) atoms. The standard InChI is InChI=1S/C25H28N8O4/c34-23(27-26-18-19-5-4-6-22(17-19)33(35)36)20-7-9-21(10-8-20)32-24(28-29-30-32)25(11-2-1-3-12-25)31-13-15-37-16-14-31/h4-10,17-18H,1-3,11-16H2,(H,27,34)/b26-18-. The molecule has 1 aliphatic heterocycles. The van der Waals surface area contributed by atoms with Gasteiger partial charge in [0.25, 0.3) is 11.6 Å². The van der Waals surface area contributed by atoms with Crippen LogP contribution < -0.4 is 5.43 Å². The average molecular weight is 505 g/mol. The number of benzene rings is 2. The van der Waals surface area contributed by atoms with Crippen LogP contribution in [0.5, 0.6) is 0 Å². The Balaban J connectivity index is 1.31. The van der Waals surface area contributed by atoms with Gasteiger partial charge in [-0.1, -0.05) is 31.4 Å². The van der Waals surface area contributed by atoms with Crippen LogP contribution in [0.4, 0.5) is 5.69 Å². The molecule has 2 aliphatic rings. The summed E-state index contributed by atoms with van der Waals surface area (Å²) < 4.78 is 7.38. The molecule has 192 valence electrons. The van der Waals surface area contributed by atoms with E-state index in [2.05, 4.69) is 31.0 Å². The van der Waals surface area contributed by atoms with Crippen molar-refractivity contribution < 1.29 is 14.5 Å². The first kappa shape index (κ1) is 24.7. The number of ether oxygens (including phenoxy) is 1. The number of nitrogens with one attached hydrogen (secondary N) is 1. The van der Waals surface area contributed by atoms with Crippen LogP contribution in [0, 0.1) is 10.1 Å². The third-order valence-electron chi connectivity index (χ3n) is 7.02. The number of nitrogens with zero attached hydrogens (tertiary/aromatic N) is 7. The van der Waals surface area contributed by atoms with Crippen molar-refractivity contribution in [1.29, 1.82) is 0 Å². The van der Waals surface area contributed by atoms with E-state index in [0.29, 0.717) is 24.3 Å². The molecule has 1 saturated heterocycles. The SMILES string of the molecule is O=C(N/N=C\c1cccc([N+](=O)[O-])c1)c1ccc(-n2nnnc2C2(N3CCOCC3)CCCCC2)cc1. The zero-order chi connectivity index (χ0) is 25.7. The molecule has 12 nitrogen and oxygen atoms in total. The maximum absolute atomic E-state index is 12.6. The van der Waals surface area contributed by atoms with Crippen molar-refractivity contribution in [2.75, 3.05) is 26.3 Å². The summed E-state index contributed by atoms with van der Waals surface area (Å²) in [4.78, 5) is 25.5. The molecule has 5 rings (SSSR count). The molecule has 0 radical (unpaired) electrons. The predicted molar refractivity (Wildman–Crippen MR) is 134 cm³/mol. The number of amides is 1. The fourth-order valence-corrected chi connectivity index (χ4v) is 5.16. The number of hydrogen-bond donors (Lipinski definition) is 1. The highest BCUT2D eigenvalue weighted by atomic mass is 16.6. The molecule has 2 heterocycles. The maximum Gasteiger partial charge on any atom is 0.271 e. The molecular formula is C25H28N8O4. The number of non-ortho nitro benzene ring substituents is 1. The van der Waals surface area contributed by atoms with E-state index in [0.717, 1.165) is 50.3 Å². The van der Waals surface area contributed by atoms with Gasteiger partial charge >= 0.3 is 0 Å². The van der Waals surface area contributed by atoms with E-state index >= 15 is 0 Å². The lowest BCUT2D eigenvalue weighted by atomic mass is 9.79. The number of aromatic nitrogens is 4. The summed E-state index contributed by atoms with van der Waals surface area (Å²) in [5.41, 5.74) is 3.87. The van der Waals surface area contributed by atoms with Crippen molar-refractivity contribution in [1.82, 2.24) is 30.5 Å². The monoisotopic (exact) mass is 504 g/mol. The van der Waals surface area contributed by atoms with Crippen LogP contribution >= 0.6 is 0 Å². The highest BCUT2D eigenvalue weighted by Crippen LogP contribution is 2.42. The summed E-state index contributed by atoms with van der Waals surface area (Å²) in [5.74, 6) is 0.426. The number of morpholine rings is 1. The van der Waals surface area contributed by atoms with E-state index in [1.54, 1.807) is 28.9 Å². The van der Waals surface area contributed by atoms with Crippen LogP contribution in [0.25, 0.3) is 5.69 Å². The molecule has 2 aromatic carbocycles. The zero-order valence-electron chi connectivity index (χ0n) is 20.3. The van der Waals surface area contributed by atoms with Gasteiger partial charge in [-0.3, -0.25) is 19.8 Å². The van der Waals surface area contributed by atoms with Gasteiger partial charge in [-0.2, -0.15) is 9.78 Å². The van der Waals surface area contributed by atoms with Crippen LogP contribution in [0.15, 0.2) is 53.6 Å². The molecule has 1 N–H and O–H groups in total. The molecule has 1 aliphatic carbocycles. The second kappa shape index (κ2) is 10.9. The van der Waals surface area contributed by atoms with E-state index in [4.69, 9.17) is 4.74 Å². The minimum atomic E-state index is -0.482. The predicted octanol–water partition coefficient (Wildman–Crippen LogP) is 2.83. The Morgan fingerprint density at radius 3 is 2.59 bits per heavy atom. The van der Waals surface area contributed by atoms with Gasteiger partial charge in [0.1, 0.15) is 0 Å². The number of nitro groups is 1. The first-order valence-corrected chi connectivity index (χ1v) is 12.4. The Morgan fingerprint density at radius 2 is 1.86 bits per heavy atom. The Labute approximate surface area is 213 Å². The van der Waals surface area contributed by atoms with Gasteiger partial charge in [-0.25, -0.2) is 5.43 Å². The lowest BCUT2D eigenvalue weighted by Crippen LogP contribution is -2.53. The number of tetrazole rings is 1. The van der Waals surface area contributed by atoms with E-state index in [1.807, 2.05) is 12.1 Å². The van der Waals surface area contributed by atoms with Gasteiger partial charge in [0.15, 0.2) is 5.82 Å². The molecular weight excluding hydrogens is 476 g/mol. The Bertz CT molecular complexity index is 1280. The molecule has 1 amide bonds. The minimum Gasteiger partial charge on any atom is -0.379 e. The zero-order valence-corrected chi connectivity index (χ0v) is 20.3. The van der Waals surface area contributed by atoms with Crippen molar-refractivity contribution in [2.45, 2.75) is 37.6 Å². The van der Waals surface area contributed by atoms with E-state index in [-0.39, 0.29) is 11.2 Å². The van der Waals surface area contributed by atoms with Crippen LogP contribution in [0.2, 0.25) is 0 Å². The molecule has 3 aromatic rings. The first-order valence-electron chi connectivity index (χ1n) is 12.4. The van der Waals surface area contributed by atoms with E-state index in [1.165, 1.54) is 24.8 Å². The fraction of sp³-hybridized carbons (Fsp3) is 0.400. The number of nitro benzene ring substituents is 1. The highest BCUT2D eigenvalue weighted by Gasteiger charge is 2.44. The van der Waals surface area contributed by atoms with Crippen molar-refractivity contribution >= 4 is 17.8 Å². The highest BCUT2D eigenvalue weighted by molar-refractivity contribution is 5.95. The quantitative estimate of drug-likeness (QED) is 0.294. The van der Waals surface area contributed by atoms with Crippen LogP contribution in [-0.2, 0) is 10.3 Å². The normalized spacial score (nSPS) is 18.1. The third kappa shape index (κ3) is 5.25. The lowest BCUT2D eigenvalue weighted by molar-refractivity contribution is -0.384. The van der Waals surface area contributed by atoms with Crippen LogP contribution in [-0.4, -0.2) is 68.5 Å². The molecule has 0 atom stereocenters. The second-order valence-corrected chi connectivity index (χ2v) is 9.20. The molecule has 0 spiro atoms. The van der Waals surface area contributed by atoms with Gasteiger partial charge in [-0.05, 0) is 47.5 Å². The topological polar surface area (TPSA) is 141 Å². The fourth-order valence-electron chi connectivity index (χ4n) is 5.16. The minimum absolute atomic E-state index is 0.0449. The van der Waals surface area contributed by atoms with E-state index in [9.17, 15) is 14.9 Å². The molecule has 12 heteroatoms. The van der Waals surface area contributed by atoms with Crippen molar-refractivity contribution in [3.63, 3.8) is 0 Å². The summed E-state index contributed by atoms with van der Waals surface area (Å²) in [7, 11) is 0. The van der Waals surface area contributed by atoms with Crippen LogP contribution in [0.3, 0.4) is 0 Å². The van der Waals surface area contributed by atoms with Gasteiger partial charge in [0.2, 0.25) is 0 Å². The van der Waals surface area contributed by atoms with Gasteiger partial charge in [0.05, 0.1) is 35.6 Å². The Morgan fingerprint density at radius 1 is 1.11 bits per heavy atom. The Kier molecular flexibility index (Phi) is 7.28. The second-order valence-electron chi connectivity index (χ2n) is 9.20. The van der Waals surface area contributed by atoms with E-state index < -0.39 is 10.8 Å². The van der Waals surface area contributed by atoms with Crippen molar-refractivity contribution in [3.05, 3.63) is 75.6 Å². The van der Waals surface area contributed by atoms with Crippen molar-refractivity contribution in [2.24, 2.45) is 5.10 Å². The third-order valence-corrected chi connectivity index (χ3v) is 7.02. The first-order chi connectivity index (χ1) is 18.1. The van der Waals surface area contributed by atoms with Gasteiger partial charge < -0.3 is 4.74 Å². The summed E-state index contributed by atoms with van der Waals surface area (Å²) in [5, 5.41) is 27.7. The average Bonchev–Trinajstić information content (AvgIpc) is 3.45. The lowest BCUT2D eigenvalue weighted by Gasteiger charge is -2.46. The maximum atomic E-state index is 12.6. The number of rotatable bonds is 7. The number of hydrogen-bond acceptors (Lipinski definition) is 9. The number of hydrazone groups is 1. The number of carbonyl (C=O) groups is 1. The van der Waals surface area contributed by atoms with Gasteiger partial charge in [-0.15, -0.1) is 5.10 Å². The molecule has 1 aromatic heterocycles. The van der Waals surface area contributed by atoms with Crippen LogP contribution in [0.1, 0.15) is 53.8 Å². The molecule has 2 fully saturated rings. The largest absolute Gasteiger partial charge is 0.379 e. The molecule has 1 saturated carbocycles. The summed E-state index contributed by atoms with van der Waals surface area (Å²) in [6.45, 7) is 3.11. The van der Waals surface area contributed by atoms with Gasteiger partial charge in [0, 0.05) is 36.3 Å². The number of carbonyl (C=O) groups excluding carboxylic acids is 1. The summed E-state index contributed by atoms with van der Waals surface area (Å²) >= 11 is 0. The molecule has 0 unspecified atom stereocenters. The van der Waals surface area contributed by atoms with Crippen molar-refractivity contribution in [3.8, 4) is 5.69 Å². The summed E-state index contributed by atoms with van der Waals surface area (Å²) in [6, 6.07) is 13.0. The smallest absolute Gasteiger partial charge is 0.271 e. The Hall–Kier alpha value is -4.03.